The number of hydrogen-bond donors (Lipinski definition) is 0. The van der Waals surface area contributed by atoms with Crippen molar-refractivity contribution in [2.24, 2.45) is 17.8 Å². The molecule has 0 heteroatoms. The Labute approximate surface area is 95.8 Å². The summed E-state index contributed by atoms with van der Waals surface area (Å²) in [6.07, 6.45) is 16.8. The quantitative estimate of drug-likeness (QED) is 0.600. The van der Waals surface area contributed by atoms with E-state index in [1.165, 1.54) is 44.9 Å². The maximum Gasteiger partial charge on any atom is -0.0383 e. The highest BCUT2D eigenvalue weighted by Crippen LogP contribution is 2.39. The lowest BCUT2D eigenvalue weighted by atomic mass is 9.71. The highest BCUT2D eigenvalue weighted by atomic mass is 14.3. The van der Waals surface area contributed by atoms with E-state index >= 15 is 0 Å². The second kappa shape index (κ2) is 5.92. The molecule has 0 aliphatic heterocycles. The van der Waals surface area contributed by atoms with Crippen molar-refractivity contribution >= 4 is 0 Å². The van der Waals surface area contributed by atoms with Crippen LogP contribution in [0.15, 0.2) is 0 Å². The summed E-state index contributed by atoms with van der Waals surface area (Å²) in [7, 11) is 0. The molecule has 0 heterocycles. The molecule has 0 spiro atoms. The highest BCUT2D eigenvalue weighted by Gasteiger charge is 2.26. The largest absolute Gasteiger partial charge is 0.0651 e. The van der Waals surface area contributed by atoms with Crippen molar-refractivity contribution in [3.63, 3.8) is 0 Å². The first kappa shape index (κ1) is 11.5. The lowest BCUT2D eigenvalue weighted by Crippen LogP contribution is -2.22. The maximum absolute atomic E-state index is 2.41. The van der Waals surface area contributed by atoms with Crippen molar-refractivity contribution < 1.29 is 0 Å². The topological polar surface area (TPSA) is 0 Å². The van der Waals surface area contributed by atoms with Crippen molar-refractivity contribution in [3.05, 3.63) is 0 Å². The molecule has 0 radical (unpaired) electrons. The zero-order valence-electron chi connectivity index (χ0n) is 10.5. The van der Waals surface area contributed by atoms with Crippen LogP contribution >= 0.6 is 0 Å². The summed E-state index contributed by atoms with van der Waals surface area (Å²) in [5.74, 6) is 3.29. The Balaban J connectivity index is 1.79. The Morgan fingerprint density at radius 1 is 0.733 bits per heavy atom. The van der Waals surface area contributed by atoms with Gasteiger partial charge in [-0.25, -0.2) is 0 Å². The van der Waals surface area contributed by atoms with Gasteiger partial charge in [-0.05, 0) is 24.2 Å². The maximum atomic E-state index is 2.41. The first-order chi connectivity index (χ1) is 7.40. The monoisotopic (exact) mass is 208 g/mol. The third kappa shape index (κ3) is 3.23. The molecule has 0 nitrogen and oxygen atoms in total. The van der Waals surface area contributed by atoms with Crippen LogP contribution in [-0.2, 0) is 0 Å². The molecule has 0 N–H and O–H groups in total. The van der Waals surface area contributed by atoms with E-state index in [2.05, 4.69) is 6.92 Å². The van der Waals surface area contributed by atoms with Crippen LogP contribution in [0, 0.1) is 17.8 Å². The number of hydrogen-bond acceptors (Lipinski definition) is 0. The minimum Gasteiger partial charge on any atom is -0.0651 e. The first-order valence-electron chi connectivity index (χ1n) is 7.40. The van der Waals surface area contributed by atoms with Crippen molar-refractivity contribution in [2.45, 2.75) is 77.6 Å². The van der Waals surface area contributed by atoms with Gasteiger partial charge in [0.15, 0.2) is 0 Å². The van der Waals surface area contributed by atoms with Crippen LogP contribution in [0.25, 0.3) is 0 Å². The van der Waals surface area contributed by atoms with Crippen molar-refractivity contribution in [3.8, 4) is 0 Å². The molecule has 2 atom stereocenters. The normalized spacial score (nSPS) is 34.2. The fourth-order valence-corrected chi connectivity index (χ4v) is 3.98. The average molecular weight is 208 g/mol. The molecule has 88 valence electrons. The lowest BCUT2D eigenvalue weighted by molar-refractivity contribution is 0.172. The first-order valence-corrected chi connectivity index (χ1v) is 7.40. The molecular formula is C15H28. The van der Waals surface area contributed by atoms with Gasteiger partial charge in [0.25, 0.3) is 0 Å². The van der Waals surface area contributed by atoms with Gasteiger partial charge in [-0.15, -0.1) is 0 Å². The smallest absolute Gasteiger partial charge is 0.0383 e. The molecule has 2 saturated carbocycles. The fourth-order valence-electron chi connectivity index (χ4n) is 3.98. The Morgan fingerprint density at radius 2 is 1.33 bits per heavy atom. The molecule has 0 saturated heterocycles. The van der Waals surface area contributed by atoms with Crippen LogP contribution in [-0.4, -0.2) is 0 Å². The second-order valence-corrected chi connectivity index (χ2v) is 5.95. The molecular weight excluding hydrogens is 180 g/mol. The van der Waals surface area contributed by atoms with Gasteiger partial charge in [-0.3, -0.25) is 0 Å². The molecule has 2 fully saturated rings. The van der Waals surface area contributed by atoms with E-state index in [-0.39, 0.29) is 0 Å². The van der Waals surface area contributed by atoms with Gasteiger partial charge in [0.05, 0.1) is 0 Å². The van der Waals surface area contributed by atoms with Crippen LogP contribution in [0.5, 0.6) is 0 Å². The molecule has 0 aromatic carbocycles. The summed E-state index contributed by atoms with van der Waals surface area (Å²) in [6, 6.07) is 0. The Kier molecular flexibility index (Phi) is 4.53. The van der Waals surface area contributed by atoms with E-state index in [0.717, 1.165) is 17.8 Å². The van der Waals surface area contributed by atoms with E-state index in [4.69, 9.17) is 0 Å². The predicted molar refractivity (Wildman–Crippen MR) is 66.9 cm³/mol. The minimum atomic E-state index is 1.08. The Hall–Kier alpha value is 0. The standard InChI is InChI=1S/C15H28/c1-2-14-10-6-7-11-15(14)12-13-8-4-3-5-9-13/h13-15H,2-12H2,1H3/t14-,15-/m0/s1. The zero-order chi connectivity index (χ0) is 10.5. The lowest BCUT2D eigenvalue weighted by Gasteiger charge is -2.34. The SMILES string of the molecule is CC[C@H]1CCCC[C@H]1CC1CCCCC1. The van der Waals surface area contributed by atoms with Gasteiger partial charge < -0.3 is 0 Å². The summed E-state index contributed by atoms with van der Waals surface area (Å²) >= 11 is 0. The highest BCUT2D eigenvalue weighted by molar-refractivity contribution is 4.78. The molecule has 0 aromatic heterocycles. The third-order valence-electron chi connectivity index (χ3n) is 4.95. The number of rotatable bonds is 3. The van der Waals surface area contributed by atoms with Crippen LogP contribution < -0.4 is 0 Å². The summed E-state index contributed by atoms with van der Waals surface area (Å²) < 4.78 is 0. The molecule has 0 amide bonds. The molecule has 0 unspecified atom stereocenters. The van der Waals surface area contributed by atoms with Crippen molar-refractivity contribution in [1.29, 1.82) is 0 Å². The third-order valence-corrected chi connectivity index (χ3v) is 4.95. The summed E-state index contributed by atoms with van der Waals surface area (Å²) in [5, 5.41) is 0. The van der Waals surface area contributed by atoms with E-state index < -0.39 is 0 Å². The molecule has 2 aliphatic rings. The van der Waals surface area contributed by atoms with Gasteiger partial charge >= 0.3 is 0 Å². The molecule has 0 aromatic rings. The van der Waals surface area contributed by atoms with Gasteiger partial charge in [0.2, 0.25) is 0 Å². The molecule has 2 aliphatic carbocycles. The van der Waals surface area contributed by atoms with Crippen LogP contribution in [0.3, 0.4) is 0 Å². The van der Waals surface area contributed by atoms with Crippen LogP contribution in [0.1, 0.15) is 77.6 Å². The van der Waals surface area contributed by atoms with Gasteiger partial charge in [-0.1, -0.05) is 71.1 Å². The Bertz CT molecular complexity index is 167. The van der Waals surface area contributed by atoms with Gasteiger partial charge in [-0.2, -0.15) is 0 Å². The minimum absolute atomic E-state index is 1.08. The Morgan fingerprint density at radius 3 is 2.00 bits per heavy atom. The van der Waals surface area contributed by atoms with Crippen LogP contribution in [0.4, 0.5) is 0 Å². The molecule has 0 bridgehead atoms. The second-order valence-electron chi connectivity index (χ2n) is 5.95. The van der Waals surface area contributed by atoms with E-state index in [9.17, 15) is 0 Å². The molecule has 2 rings (SSSR count). The fraction of sp³-hybridized carbons (Fsp3) is 1.00. The van der Waals surface area contributed by atoms with Crippen LogP contribution in [0.2, 0.25) is 0 Å². The van der Waals surface area contributed by atoms with E-state index in [0.29, 0.717) is 0 Å². The van der Waals surface area contributed by atoms with E-state index in [1.54, 1.807) is 25.7 Å². The van der Waals surface area contributed by atoms with Crippen molar-refractivity contribution in [2.75, 3.05) is 0 Å². The zero-order valence-corrected chi connectivity index (χ0v) is 10.5. The summed E-state index contributed by atoms with van der Waals surface area (Å²) in [4.78, 5) is 0. The average Bonchev–Trinajstić information content (AvgIpc) is 2.31. The van der Waals surface area contributed by atoms with Crippen molar-refractivity contribution in [1.82, 2.24) is 0 Å². The van der Waals surface area contributed by atoms with E-state index in [1.807, 2.05) is 0 Å². The summed E-state index contributed by atoms with van der Waals surface area (Å²) in [6.45, 7) is 2.41. The van der Waals surface area contributed by atoms with Gasteiger partial charge in [0, 0.05) is 0 Å². The summed E-state index contributed by atoms with van der Waals surface area (Å²) in [5.41, 5.74) is 0. The predicted octanol–water partition coefficient (Wildman–Crippen LogP) is 5.17. The van der Waals surface area contributed by atoms with Gasteiger partial charge in [0.1, 0.15) is 0 Å². The molecule has 15 heavy (non-hydrogen) atoms.